The second-order valence-electron chi connectivity index (χ2n) is 8.33. The normalized spacial score (nSPS) is 20.1. The van der Waals surface area contributed by atoms with Crippen molar-refractivity contribution in [2.45, 2.75) is 19.8 Å². The van der Waals surface area contributed by atoms with E-state index >= 15 is 0 Å². The number of Topliss-reactive ketones (excluding diaryl/α,β-unsaturated/α-hetero) is 1. The number of piperazine rings is 1. The van der Waals surface area contributed by atoms with Crippen molar-refractivity contribution in [3.63, 3.8) is 0 Å². The third-order valence-electron chi connectivity index (χ3n) is 6.23. The van der Waals surface area contributed by atoms with Gasteiger partial charge >= 0.3 is 0 Å². The molecule has 2 aliphatic heterocycles. The molecular weight excluding hydrogens is 374 g/mol. The molecule has 2 saturated heterocycles. The lowest BCUT2D eigenvalue weighted by Crippen LogP contribution is -2.50. The molecule has 1 aromatic carbocycles. The summed E-state index contributed by atoms with van der Waals surface area (Å²) in [7, 11) is 0. The number of nitrogens with zero attached hydrogens (tertiary/aromatic N) is 5. The van der Waals surface area contributed by atoms with E-state index in [4.69, 9.17) is 0 Å². The Kier molecular flexibility index (Phi) is 6.29. The van der Waals surface area contributed by atoms with Crippen LogP contribution in [0.25, 0.3) is 0 Å². The van der Waals surface area contributed by atoms with E-state index in [-0.39, 0.29) is 5.78 Å². The van der Waals surface area contributed by atoms with Crippen molar-refractivity contribution in [2.24, 2.45) is 5.92 Å². The number of rotatable bonds is 5. The molecule has 6 heteroatoms. The topological polar surface area (TPSA) is 63.5 Å². The Bertz CT molecular complexity index is 915. The zero-order valence-electron chi connectivity index (χ0n) is 17.6. The smallest absolute Gasteiger partial charge is 0.161 e. The van der Waals surface area contributed by atoms with Gasteiger partial charge in [0, 0.05) is 63.3 Å². The Balaban J connectivity index is 1.37. The lowest BCUT2D eigenvalue weighted by molar-refractivity contribution is 0.101. The van der Waals surface area contributed by atoms with E-state index in [1.165, 1.54) is 6.42 Å². The average molecular weight is 404 g/mol. The Morgan fingerprint density at radius 1 is 1.13 bits per heavy atom. The fraction of sp³-hybridized carbons (Fsp3) is 0.458. The van der Waals surface area contributed by atoms with Crippen molar-refractivity contribution in [3.8, 4) is 6.07 Å². The standard InChI is InChI=1S/C24H29N5O/c1-19(30)22-8-7-20(16-25)15-23(22)29-10-4-5-21(18-29)17-27-11-13-28(14-12-27)24-6-2-3-9-26-24/h2-3,6-9,15,21H,4-5,10-14,17-18H2,1H3. The zero-order chi connectivity index (χ0) is 20.9. The highest BCUT2D eigenvalue weighted by molar-refractivity contribution is 6.00. The molecule has 2 fully saturated rings. The van der Waals surface area contributed by atoms with Crippen LogP contribution in [-0.2, 0) is 0 Å². The molecule has 1 aromatic heterocycles. The molecule has 2 aromatic rings. The number of carbonyl (C=O) groups is 1. The first kappa shape index (κ1) is 20.4. The number of benzene rings is 1. The summed E-state index contributed by atoms with van der Waals surface area (Å²) in [5.41, 5.74) is 2.26. The van der Waals surface area contributed by atoms with Gasteiger partial charge in [0.05, 0.1) is 11.6 Å². The molecule has 3 heterocycles. The van der Waals surface area contributed by atoms with Crippen LogP contribution in [0.3, 0.4) is 0 Å². The van der Waals surface area contributed by atoms with Crippen LogP contribution in [0.4, 0.5) is 11.5 Å². The van der Waals surface area contributed by atoms with Crippen LogP contribution >= 0.6 is 0 Å². The molecule has 1 unspecified atom stereocenters. The zero-order valence-corrected chi connectivity index (χ0v) is 17.6. The Hall–Kier alpha value is -2.91. The SMILES string of the molecule is CC(=O)c1ccc(C#N)cc1N1CCCC(CN2CCN(c3ccccn3)CC2)C1. The van der Waals surface area contributed by atoms with Crippen molar-refractivity contribution in [2.75, 3.05) is 55.6 Å². The van der Waals surface area contributed by atoms with Crippen molar-refractivity contribution < 1.29 is 4.79 Å². The highest BCUT2D eigenvalue weighted by Crippen LogP contribution is 2.28. The second kappa shape index (κ2) is 9.27. The van der Waals surface area contributed by atoms with E-state index in [1.807, 2.05) is 24.4 Å². The van der Waals surface area contributed by atoms with Gasteiger partial charge in [-0.05, 0) is 56.0 Å². The van der Waals surface area contributed by atoms with Crippen molar-refractivity contribution in [1.82, 2.24) is 9.88 Å². The second-order valence-corrected chi connectivity index (χ2v) is 8.33. The predicted molar refractivity (Wildman–Crippen MR) is 119 cm³/mol. The molecule has 156 valence electrons. The highest BCUT2D eigenvalue weighted by atomic mass is 16.1. The summed E-state index contributed by atoms with van der Waals surface area (Å²) in [4.78, 5) is 23.8. The summed E-state index contributed by atoms with van der Waals surface area (Å²) < 4.78 is 0. The molecule has 6 nitrogen and oxygen atoms in total. The van der Waals surface area contributed by atoms with Crippen LogP contribution in [-0.4, -0.2) is 61.5 Å². The fourth-order valence-corrected chi connectivity index (χ4v) is 4.66. The molecule has 0 radical (unpaired) electrons. The van der Waals surface area contributed by atoms with Crippen molar-refractivity contribution in [1.29, 1.82) is 5.26 Å². The Morgan fingerprint density at radius 3 is 2.67 bits per heavy atom. The van der Waals surface area contributed by atoms with E-state index in [1.54, 1.807) is 19.1 Å². The summed E-state index contributed by atoms with van der Waals surface area (Å²) in [6.07, 6.45) is 4.19. The van der Waals surface area contributed by atoms with E-state index < -0.39 is 0 Å². The first-order chi connectivity index (χ1) is 14.6. The number of hydrogen-bond donors (Lipinski definition) is 0. The average Bonchev–Trinajstić information content (AvgIpc) is 2.80. The number of carbonyl (C=O) groups excluding carboxylic acids is 1. The molecule has 30 heavy (non-hydrogen) atoms. The molecule has 0 spiro atoms. The molecule has 0 bridgehead atoms. The van der Waals surface area contributed by atoms with Gasteiger partial charge in [0.1, 0.15) is 5.82 Å². The van der Waals surface area contributed by atoms with E-state index in [2.05, 4.69) is 31.8 Å². The number of anilines is 2. The van der Waals surface area contributed by atoms with Crippen LogP contribution < -0.4 is 9.80 Å². The Labute approximate surface area is 178 Å². The van der Waals surface area contributed by atoms with E-state index in [0.717, 1.165) is 69.3 Å². The molecule has 0 amide bonds. The summed E-state index contributed by atoms with van der Waals surface area (Å²) in [6.45, 7) is 8.69. The quantitative estimate of drug-likeness (QED) is 0.715. The maximum atomic E-state index is 12.1. The van der Waals surface area contributed by atoms with Gasteiger partial charge < -0.3 is 9.80 Å². The first-order valence-corrected chi connectivity index (χ1v) is 10.8. The van der Waals surface area contributed by atoms with Crippen LogP contribution in [0.15, 0.2) is 42.6 Å². The van der Waals surface area contributed by atoms with Crippen molar-refractivity contribution in [3.05, 3.63) is 53.7 Å². The molecule has 0 aliphatic carbocycles. The largest absolute Gasteiger partial charge is 0.371 e. The highest BCUT2D eigenvalue weighted by Gasteiger charge is 2.26. The van der Waals surface area contributed by atoms with Crippen LogP contribution in [0.2, 0.25) is 0 Å². The third-order valence-corrected chi connectivity index (χ3v) is 6.23. The predicted octanol–water partition coefficient (Wildman–Crippen LogP) is 3.19. The monoisotopic (exact) mass is 403 g/mol. The third kappa shape index (κ3) is 4.63. The van der Waals surface area contributed by atoms with Crippen LogP contribution in [0, 0.1) is 17.2 Å². The van der Waals surface area contributed by atoms with Gasteiger partial charge in [-0.2, -0.15) is 5.26 Å². The van der Waals surface area contributed by atoms with Crippen molar-refractivity contribution >= 4 is 17.3 Å². The summed E-state index contributed by atoms with van der Waals surface area (Å²) >= 11 is 0. The number of pyridine rings is 1. The van der Waals surface area contributed by atoms with Gasteiger partial charge in [-0.1, -0.05) is 6.07 Å². The summed E-state index contributed by atoms with van der Waals surface area (Å²) in [5, 5.41) is 9.29. The van der Waals surface area contributed by atoms with Gasteiger partial charge in [-0.3, -0.25) is 9.69 Å². The molecule has 2 aliphatic rings. The lowest BCUT2D eigenvalue weighted by Gasteiger charge is -2.40. The van der Waals surface area contributed by atoms with E-state index in [9.17, 15) is 10.1 Å². The molecule has 0 N–H and O–H groups in total. The molecule has 0 saturated carbocycles. The number of ketones is 1. The lowest BCUT2D eigenvalue weighted by atomic mass is 9.95. The summed E-state index contributed by atoms with van der Waals surface area (Å²) in [6, 6.07) is 13.7. The van der Waals surface area contributed by atoms with Crippen LogP contribution in [0.1, 0.15) is 35.7 Å². The molecule has 4 rings (SSSR count). The van der Waals surface area contributed by atoms with Gasteiger partial charge in [0.2, 0.25) is 0 Å². The fourth-order valence-electron chi connectivity index (χ4n) is 4.66. The maximum absolute atomic E-state index is 12.1. The van der Waals surface area contributed by atoms with Crippen LogP contribution in [0.5, 0.6) is 0 Å². The maximum Gasteiger partial charge on any atom is 0.161 e. The Morgan fingerprint density at radius 2 is 1.97 bits per heavy atom. The van der Waals surface area contributed by atoms with Gasteiger partial charge in [0.25, 0.3) is 0 Å². The van der Waals surface area contributed by atoms with Gasteiger partial charge in [-0.25, -0.2) is 4.98 Å². The van der Waals surface area contributed by atoms with E-state index in [0.29, 0.717) is 11.5 Å². The number of piperidine rings is 1. The molecule has 1 atom stereocenters. The van der Waals surface area contributed by atoms with Gasteiger partial charge in [0.15, 0.2) is 5.78 Å². The molecular formula is C24H29N5O. The number of hydrogen-bond acceptors (Lipinski definition) is 6. The minimum atomic E-state index is 0.0576. The number of nitriles is 1. The van der Waals surface area contributed by atoms with Gasteiger partial charge in [-0.15, -0.1) is 0 Å². The minimum absolute atomic E-state index is 0.0576. The minimum Gasteiger partial charge on any atom is -0.371 e. The summed E-state index contributed by atoms with van der Waals surface area (Å²) in [5.74, 6) is 1.70. The first-order valence-electron chi connectivity index (χ1n) is 10.8. The number of aromatic nitrogens is 1.